The molecular weight excluding hydrogens is 286 g/mol. The number of aromatic nitrogens is 1. The van der Waals surface area contributed by atoms with Gasteiger partial charge in [0.15, 0.2) is 0 Å². The minimum absolute atomic E-state index is 0.214. The van der Waals surface area contributed by atoms with Crippen molar-refractivity contribution in [2.24, 2.45) is 5.92 Å². The van der Waals surface area contributed by atoms with E-state index in [1.165, 1.54) is 38.9 Å². The van der Waals surface area contributed by atoms with Crippen molar-refractivity contribution >= 4 is 15.8 Å². The fourth-order valence-electron chi connectivity index (χ4n) is 3.14. The van der Waals surface area contributed by atoms with Crippen LogP contribution in [-0.4, -0.2) is 33.0 Å². The van der Waals surface area contributed by atoms with Gasteiger partial charge in [0.25, 0.3) is 0 Å². The van der Waals surface area contributed by atoms with Crippen molar-refractivity contribution in [3.8, 4) is 0 Å². The smallest absolute Gasteiger partial charge is 0.241 e. The second kappa shape index (κ2) is 6.75. The predicted molar refractivity (Wildman–Crippen MR) is 84.9 cm³/mol. The number of anilines is 1. The molecule has 0 radical (unpaired) electrons. The molecule has 1 aliphatic heterocycles. The van der Waals surface area contributed by atoms with E-state index in [-0.39, 0.29) is 4.90 Å². The second-order valence-corrected chi connectivity index (χ2v) is 7.62. The molecule has 2 rings (SSSR count). The Kier molecular flexibility index (Phi) is 5.22. The number of rotatable bonds is 6. The molecule has 1 aliphatic rings. The molecule has 0 bridgehead atoms. The van der Waals surface area contributed by atoms with E-state index in [0.29, 0.717) is 12.0 Å². The average molecular weight is 311 g/mol. The van der Waals surface area contributed by atoms with Crippen LogP contribution in [0.4, 0.5) is 5.82 Å². The van der Waals surface area contributed by atoms with Gasteiger partial charge in [-0.15, -0.1) is 0 Å². The molecular formula is C15H25N3O2S. The summed E-state index contributed by atoms with van der Waals surface area (Å²) in [5.74, 6) is 1.52. The van der Waals surface area contributed by atoms with E-state index >= 15 is 0 Å². The molecule has 21 heavy (non-hydrogen) atoms. The Balaban J connectivity index is 2.18. The molecule has 1 fully saturated rings. The number of pyridine rings is 1. The van der Waals surface area contributed by atoms with Crippen molar-refractivity contribution in [2.75, 3.05) is 18.5 Å². The molecule has 2 heterocycles. The van der Waals surface area contributed by atoms with Crippen molar-refractivity contribution in [2.45, 2.75) is 50.5 Å². The molecule has 0 aliphatic carbocycles. The highest BCUT2D eigenvalue weighted by molar-refractivity contribution is 7.89. The zero-order chi connectivity index (χ0) is 15.5. The van der Waals surface area contributed by atoms with Gasteiger partial charge in [-0.3, -0.25) is 0 Å². The zero-order valence-corrected chi connectivity index (χ0v) is 13.9. The van der Waals surface area contributed by atoms with Crippen LogP contribution >= 0.6 is 0 Å². The van der Waals surface area contributed by atoms with E-state index in [0.717, 1.165) is 12.4 Å². The van der Waals surface area contributed by atoms with Crippen LogP contribution in [0.3, 0.4) is 0 Å². The standard InChI is InChI=1S/C15H25N3O2S/c1-4-6-12(2)14-7-5-10-18(14)15-9-8-13(11-17-15)21(19,20)16-3/h8-9,11-12,14,16H,4-7,10H2,1-3H3. The topological polar surface area (TPSA) is 62.3 Å². The number of nitrogens with one attached hydrogen (secondary N) is 1. The van der Waals surface area contributed by atoms with E-state index < -0.39 is 10.0 Å². The monoisotopic (exact) mass is 311 g/mol. The van der Waals surface area contributed by atoms with Crippen LogP contribution in [0.25, 0.3) is 0 Å². The number of hydrogen-bond donors (Lipinski definition) is 1. The molecule has 1 aromatic heterocycles. The summed E-state index contributed by atoms with van der Waals surface area (Å²) in [6, 6.07) is 3.97. The molecule has 1 N–H and O–H groups in total. The van der Waals surface area contributed by atoms with Crippen LogP contribution < -0.4 is 9.62 Å². The first kappa shape index (κ1) is 16.2. The first-order chi connectivity index (χ1) is 9.99. The van der Waals surface area contributed by atoms with Gasteiger partial charge in [0, 0.05) is 18.8 Å². The van der Waals surface area contributed by atoms with E-state index in [2.05, 4.69) is 28.5 Å². The van der Waals surface area contributed by atoms with Crippen LogP contribution in [0, 0.1) is 5.92 Å². The van der Waals surface area contributed by atoms with Crippen molar-refractivity contribution in [1.29, 1.82) is 0 Å². The van der Waals surface area contributed by atoms with Gasteiger partial charge < -0.3 is 4.90 Å². The molecule has 2 unspecified atom stereocenters. The predicted octanol–water partition coefficient (Wildman–Crippen LogP) is 2.39. The summed E-state index contributed by atoms with van der Waals surface area (Å²) in [5.41, 5.74) is 0. The summed E-state index contributed by atoms with van der Waals surface area (Å²) < 4.78 is 25.8. The first-order valence-corrected chi connectivity index (χ1v) is 9.14. The minimum atomic E-state index is -3.41. The largest absolute Gasteiger partial charge is 0.353 e. The summed E-state index contributed by atoms with van der Waals surface area (Å²) >= 11 is 0. The summed E-state index contributed by atoms with van der Waals surface area (Å²) in [5, 5.41) is 0. The highest BCUT2D eigenvalue weighted by Crippen LogP contribution is 2.30. The summed E-state index contributed by atoms with van der Waals surface area (Å²) in [6.45, 7) is 5.52. The summed E-state index contributed by atoms with van der Waals surface area (Å²) in [6.07, 6.45) is 6.23. The number of nitrogens with zero attached hydrogens (tertiary/aromatic N) is 2. The maximum atomic E-state index is 11.7. The van der Waals surface area contributed by atoms with Crippen molar-refractivity contribution in [3.63, 3.8) is 0 Å². The van der Waals surface area contributed by atoms with Gasteiger partial charge >= 0.3 is 0 Å². The Hall–Kier alpha value is -1.14. The highest BCUT2D eigenvalue weighted by atomic mass is 32.2. The Morgan fingerprint density at radius 2 is 2.24 bits per heavy atom. The second-order valence-electron chi connectivity index (χ2n) is 5.73. The van der Waals surface area contributed by atoms with Gasteiger partial charge in [-0.05, 0) is 44.4 Å². The van der Waals surface area contributed by atoms with Gasteiger partial charge in [0.05, 0.1) is 0 Å². The van der Waals surface area contributed by atoms with E-state index in [1.54, 1.807) is 6.07 Å². The Labute approximate surface area is 127 Å². The zero-order valence-electron chi connectivity index (χ0n) is 13.0. The first-order valence-electron chi connectivity index (χ1n) is 7.66. The number of hydrogen-bond acceptors (Lipinski definition) is 4. The van der Waals surface area contributed by atoms with E-state index in [1.807, 2.05) is 6.07 Å². The van der Waals surface area contributed by atoms with Crippen LogP contribution in [0.2, 0.25) is 0 Å². The third-order valence-corrected chi connectivity index (χ3v) is 5.69. The fraction of sp³-hybridized carbons (Fsp3) is 0.667. The van der Waals surface area contributed by atoms with Crippen molar-refractivity contribution in [1.82, 2.24) is 9.71 Å². The molecule has 1 aromatic rings. The minimum Gasteiger partial charge on any atom is -0.353 e. The quantitative estimate of drug-likeness (QED) is 0.876. The van der Waals surface area contributed by atoms with Crippen LogP contribution in [0.15, 0.2) is 23.2 Å². The highest BCUT2D eigenvalue weighted by Gasteiger charge is 2.29. The normalized spacial score (nSPS) is 20.7. The van der Waals surface area contributed by atoms with Gasteiger partial charge in [-0.1, -0.05) is 20.3 Å². The van der Waals surface area contributed by atoms with Crippen LogP contribution in [0.1, 0.15) is 39.5 Å². The van der Waals surface area contributed by atoms with E-state index in [4.69, 9.17) is 0 Å². The third kappa shape index (κ3) is 3.55. The lowest BCUT2D eigenvalue weighted by molar-refractivity contribution is 0.420. The molecule has 5 nitrogen and oxygen atoms in total. The van der Waals surface area contributed by atoms with Crippen LogP contribution in [-0.2, 0) is 10.0 Å². The SMILES string of the molecule is CCCC(C)C1CCCN1c1ccc(S(=O)(=O)NC)cn1. The Morgan fingerprint density at radius 3 is 2.81 bits per heavy atom. The van der Waals surface area contributed by atoms with E-state index in [9.17, 15) is 8.42 Å². The van der Waals surface area contributed by atoms with Crippen molar-refractivity contribution in [3.05, 3.63) is 18.3 Å². The maximum absolute atomic E-state index is 11.7. The molecule has 1 saturated heterocycles. The lowest BCUT2D eigenvalue weighted by Crippen LogP contribution is -2.35. The molecule has 0 aromatic carbocycles. The lowest BCUT2D eigenvalue weighted by Gasteiger charge is -2.30. The average Bonchev–Trinajstić information content (AvgIpc) is 2.97. The molecule has 118 valence electrons. The molecule has 0 amide bonds. The van der Waals surface area contributed by atoms with Gasteiger partial charge in [-0.25, -0.2) is 18.1 Å². The fourth-order valence-corrected chi connectivity index (χ4v) is 3.81. The lowest BCUT2D eigenvalue weighted by atomic mass is 9.95. The number of sulfonamides is 1. The summed E-state index contributed by atoms with van der Waals surface area (Å²) in [4.78, 5) is 6.92. The van der Waals surface area contributed by atoms with Crippen LogP contribution in [0.5, 0.6) is 0 Å². The molecule has 2 atom stereocenters. The van der Waals surface area contributed by atoms with Gasteiger partial charge in [-0.2, -0.15) is 0 Å². The van der Waals surface area contributed by atoms with Gasteiger partial charge in [0.2, 0.25) is 10.0 Å². The maximum Gasteiger partial charge on any atom is 0.241 e. The Bertz CT molecular complexity index is 557. The molecule has 0 spiro atoms. The summed E-state index contributed by atoms with van der Waals surface area (Å²) in [7, 11) is -2.00. The van der Waals surface area contributed by atoms with Crippen molar-refractivity contribution < 1.29 is 8.42 Å². The molecule has 6 heteroatoms. The van der Waals surface area contributed by atoms with Gasteiger partial charge in [0.1, 0.15) is 10.7 Å². The molecule has 0 saturated carbocycles. The Morgan fingerprint density at radius 1 is 1.48 bits per heavy atom. The third-order valence-electron chi connectivity index (χ3n) is 4.29.